The summed E-state index contributed by atoms with van der Waals surface area (Å²) in [5, 5.41) is 0.701. The van der Waals surface area contributed by atoms with Gasteiger partial charge in [0.05, 0.1) is 29.5 Å². The van der Waals surface area contributed by atoms with E-state index in [4.69, 9.17) is 9.47 Å². The van der Waals surface area contributed by atoms with Crippen LogP contribution in [0.5, 0.6) is 0 Å². The van der Waals surface area contributed by atoms with Gasteiger partial charge in [0, 0.05) is 61.4 Å². The van der Waals surface area contributed by atoms with E-state index in [1.807, 2.05) is 33.3 Å². The molecule has 4 aliphatic carbocycles. The molecule has 1 N–H and O–H groups in total. The number of rotatable bonds is 8. The monoisotopic (exact) mass is 680 g/mol. The molecule has 11 heteroatoms. The van der Waals surface area contributed by atoms with Crippen LogP contribution in [0.3, 0.4) is 0 Å². The normalized spacial score (nSPS) is 32.3. The summed E-state index contributed by atoms with van der Waals surface area (Å²) in [7, 11) is 2.23. The lowest BCUT2D eigenvalue weighted by atomic mass is 9.70. The Morgan fingerprint density at radius 1 is 1.08 bits per heavy atom. The highest BCUT2D eigenvalue weighted by molar-refractivity contribution is 7.91. The van der Waals surface area contributed by atoms with Gasteiger partial charge in [-0.2, -0.15) is 0 Å². The summed E-state index contributed by atoms with van der Waals surface area (Å²) in [6, 6.07) is 5.80. The van der Waals surface area contributed by atoms with Crippen molar-refractivity contribution in [3.05, 3.63) is 35.0 Å². The van der Waals surface area contributed by atoms with Crippen molar-refractivity contribution in [1.29, 1.82) is 0 Å². The molecule has 3 heterocycles. The van der Waals surface area contributed by atoms with E-state index in [1.54, 1.807) is 0 Å². The first kappa shape index (κ1) is 32.7. The first-order valence-electron chi connectivity index (χ1n) is 18.4. The number of aromatic nitrogens is 1. The molecule has 0 radical (unpaired) electrons. The van der Waals surface area contributed by atoms with Crippen molar-refractivity contribution in [2.75, 3.05) is 47.4 Å². The van der Waals surface area contributed by atoms with Gasteiger partial charge in [-0.25, -0.2) is 13.1 Å². The van der Waals surface area contributed by atoms with Crippen molar-refractivity contribution >= 4 is 32.7 Å². The molecule has 2 aliphatic heterocycles. The quantitative estimate of drug-likeness (QED) is 0.434. The Labute approximate surface area is 284 Å². The second kappa shape index (κ2) is 12.4. The van der Waals surface area contributed by atoms with Gasteiger partial charge in [0.25, 0.3) is 5.91 Å². The molecule has 2 aromatic rings. The molecule has 0 spiro atoms. The summed E-state index contributed by atoms with van der Waals surface area (Å²) in [5.41, 5.74) is 3.63. The maximum absolute atomic E-state index is 14.9. The lowest BCUT2D eigenvalue weighted by Gasteiger charge is -2.38. The fourth-order valence-electron chi connectivity index (χ4n) is 10.1. The van der Waals surface area contributed by atoms with Crippen molar-refractivity contribution in [1.82, 2.24) is 19.1 Å². The zero-order chi connectivity index (χ0) is 33.4. The van der Waals surface area contributed by atoms with Gasteiger partial charge < -0.3 is 23.8 Å². The van der Waals surface area contributed by atoms with E-state index in [0.29, 0.717) is 62.4 Å². The van der Waals surface area contributed by atoms with Crippen LogP contribution in [-0.4, -0.2) is 99.5 Å². The highest BCUT2D eigenvalue weighted by Gasteiger charge is 2.67. The number of benzene rings is 1. The van der Waals surface area contributed by atoms with Crippen LogP contribution < -0.4 is 4.72 Å². The number of carbonyl (C=O) groups is 2. The Morgan fingerprint density at radius 3 is 2.60 bits per heavy atom. The second-order valence-corrected chi connectivity index (χ2v) is 18.0. The van der Waals surface area contributed by atoms with E-state index in [1.165, 1.54) is 35.9 Å². The molecular formula is C37H52N4O6S. The minimum Gasteiger partial charge on any atom is -0.381 e. The number of ether oxygens (including phenoxy) is 2. The molecule has 0 bridgehead atoms. The third-order valence-corrected chi connectivity index (χ3v) is 14.5. The van der Waals surface area contributed by atoms with E-state index < -0.39 is 26.6 Å². The first-order chi connectivity index (χ1) is 23.1. The van der Waals surface area contributed by atoms with Gasteiger partial charge in [0.15, 0.2) is 0 Å². The Bertz CT molecular complexity index is 1690. The van der Waals surface area contributed by atoms with Crippen LogP contribution in [0.2, 0.25) is 0 Å². The van der Waals surface area contributed by atoms with Gasteiger partial charge in [-0.15, -0.1) is 0 Å². The van der Waals surface area contributed by atoms with E-state index in [2.05, 4.69) is 25.2 Å². The van der Waals surface area contributed by atoms with Crippen LogP contribution in [0, 0.1) is 17.3 Å². The average molecular weight is 681 g/mol. The molecule has 8 rings (SSSR count). The van der Waals surface area contributed by atoms with Gasteiger partial charge >= 0.3 is 0 Å². The molecule has 5 unspecified atom stereocenters. The summed E-state index contributed by atoms with van der Waals surface area (Å²) >= 11 is 0. The third kappa shape index (κ3) is 5.70. The number of hydrogen-bond acceptors (Lipinski definition) is 7. The van der Waals surface area contributed by atoms with E-state index in [0.717, 1.165) is 50.6 Å². The Hall–Kier alpha value is -2.47. The Kier molecular flexibility index (Phi) is 8.44. The largest absolute Gasteiger partial charge is 0.381 e. The molecule has 5 fully saturated rings. The average Bonchev–Trinajstić information content (AvgIpc) is 4.01. The minimum absolute atomic E-state index is 0.00811. The summed E-state index contributed by atoms with van der Waals surface area (Å²) in [6.45, 7) is 3.14. The van der Waals surface area contributed by atoms with Gasteiger partial charge in [0.2, 0.25) is 15.9 Å². The molecule has 48 heavy (non-hydrogen) atoms. The molecule has 2 amide bonds. The Balaban J connectivity index is 1.24. The predicted molar refractivity (Wildman–Crippen MR) is 183 cm³/mol. The number of hydrogen-bond donors (Lipinski definition) is 1. The van der Waals surface area contributed by atoms with E-state index >= 15 is 0 Å². The van der Waals surface area contributed by atoms with Crippen LogP contribution in [0.15, 0.2) is 18.2 Å². The number of amides is 2. The van der Waals surface area contributed by atoms with Crippen LogP contribution in [-0.2, 0) is 30.8 Å². The molecule has 10 nitrogen and oxygen atoms in total. The van der Waals surface area contributed by atoms with Crippen molar-refractivity contribution in [2.45, 2.75) is 106 Å². The van der Waals surface area contributed by atoms with Crippen molar-refractivity contribution in [2.24, 2.45) is 17.3 Å². The second-order valence-electron chi connectivity index (χ2n) is 16.0. The van der Waals surface area contributed by atoms with E-state index in [-0.39, 0.29) is 24.0 Å². The summed E-state index contributed by atoms with van der Waals surface area (Å²) in [6.07, 6.45) is 11.2. The van der Waals surface area contributed by atoms with Gasteiger partial charge in [-0.3, -0.25) is 9.59 Å². The lowest BCUT2D eigenvalue weighted by Crippen LogP contribution is -2.51. The van der Waals surface area contributed by atoms with Crippen molar-refractivity contribution in [3.63, 3.8) is 0 Å². The summed E-state index contributed by atoms with van der Waals surface area (Å²) in [4.78, 5) is 32.5. The number of carbonyl (C=O) groups excluding carboxylic acids is 2. The van der Waals surface area contributed by atoms with Crippen LogP contribution in [0.25, 0.3) is 10.9 Å². The molecule has 4 saturated carbocycles. The fourth-order valence-corrected chi connectivity index (χ4v) is 11.4. The van der Waals surface area contributed by atoms with Crippen LogP contribution >= 0.6 is 0 Å². The number of sulfonamides is 1. The Morgan fingerprint density at radius 2 is 1.88 bits per heavy atom. The number of nitrogens with zero attached hydrogens (tertiary/aromatic N) is 3. The number of nitrogens with one attached hydrogen (secondary N) is 1. The fraction of sp³-hybridized carbons (Fsp3) is 0.730. The standard InChI is InChI=1S/C37H52N4O6S/c1-39(2)20-26-21-40(15-16-47-26)36(43)37-19-31(37)30-18-25(46-3)10-14-28(30)34-33(23-7-5-4-6-8-23)29-13-9-24(17-32(29)41(34)22-37)35(42)38-48(44,45)27-11-12-27/h9,13,17,23,25-28,30-31H,4-8,10-12,14-16,18-22H2,1-3H3,(H,38,42)/t25-,26?,28?,30?,31?,37?/m0/s1. The third-order valence-electron chi connectivity index (χ3n) is 12.7. The lowest BCUT2D eigenvalue weighted by molar-refractivity contribution is -0.146. The highest BCUT2D eigenvalue weighted by Crippen LogP contribution is 2.67. The van der Waals surface area contributed by atoms with Crippen LogP contribution in [0.1, 0.15) is 104 Å². The molecule has 1 aromatic carbocycles. The van der Waals surface area contributed by atoms with Gasteiger partial charge in [-0.1, -0.05) is 25.3 Å². The molecule has 6 atom stereocenters. The number of likely N-dealkylation sites (N-methyl/N-ethyl adjacent to an activating group) is 1. The number of fused-ring (bicyclic) bond motifs is 7. The first-order valence-corrected chi connectivity index (χ1v) is 19.9. The number of morpholine rings is 1. The maximum Gasteiger partial charge on any atom is 0.264 e. The molecule has 6 aliphatic rings. The molecule has 262 valence electrons. The molecule has 1 saturated heterocycles. The summed E-state index contributed by atoms with van der Waals surface area (Å²) < 4.78 is 42.3. The smallest absolute Gasteiger partial charge is 0.264 e. The molecular weight excluding hydrogens is 628 g/mol. The van der Waals surface area contributed by atoms with Crippen molar-refractivity contribution < 1.29 is 27.5 Å². The van der Waals surface area contributed by atoms with Crippen LogP contribution in [0.4, 0.5) is 0 Å². The SMILES string of the molecule is CO[C@H]1CCC2c3c(C4CCCCC4)c4ccc(C(=O)NS(=O)(=O)C5CC5)cc4n3CC3(C(=O)N4CCOC(CN(C)C)C4)CC3C2C1. The van der Waals surface area contributed by atoms with Crippen molar-refractivity contribution in [3.8, 4) is 0 Å². The minimum atomic E-state index is -3.68. The molecule has 1 aromatic heterocycles. The maximum atomic E-state index is 14.9. The highest BCUT2D eigenvalue weighted by atomic mass is 32.2. The van der Waals surface area contributed by atoms with Gasteiger partial charge in [-0.05, 0) is 101 Å². The topological polar surface area (TPSA) is 110 Å². The summed E-state index contributed by atoms with van der Waals surface area (Å²) in [5.74, 6) is 1.08. The van der Waals surface area contributed by atoms with Gasteiger partial charge in [0.1, 0.15) is 0 Å². The van der Waals surface area contributed by atoms with E-state index in [9.17, 15) is 18.0 Å². The predicted octanol–water partition coefficient (Wildman–Crippen LogP) is 4.62. The number of methoxy groups -OCH3 is 1. The zero-order valence-electron chi connectivity index (χ0n) is 28.8. The zero-order valence-corrected chi connectivity index (χ0v) is 29.6.